The molecule has 0 bridgehead atoms. The lowest BCUT2D eigenvalue weighted by Gasteiger charge is -2.11. The highest BCUT2D eigenvalue weighted by Gasteiger charge is 2.20. The molecule has 142 valence electrons. The van der Waals surface area contributed by atoms with E-state index in [4.69, 9.17) is 11.6 Å². The molecule has 0 spiro atoms. The highest BCUT2D eigenvalue weighted by molar-refractivity contribution is 6.30. The maximum Gasteiger partial charge on any atom is 0.326 e. The van der Waals surface area contributed by atoms with Gasteiger partial charge in [-0.1, -0.05) is 30.7 Å². The zero-order chi connectivity index (χ0) is 20.0. The van der Waals surface area contributed by atoms with Crippen molar-refractivity contribution < 1.29 is 9.90 Å². The lowest BCUT2D eigenvalue weighted by molar-refractivity contribution is -0.140. The van der Waals surface area contributed by atoms with Crippen LogP contribution < -0.4 is 5.56 Å². The number of hydrogen-bond acceptors (Lipinski definition) is 4. The van der Waals surface area contributed by atoms with E-state index in [0.717, 1.165) is 16.8 Å². The number of aliphatic carboxylic acids is 1. The van der Waals surface area contributed by atoms with Crippen LogP contribution in [0.15, 0.2) is 47.5 Å². The molecule has 3 aromatic heterocycles. The van der Waals surface area contributed by atoms with Crippen LogP contribution in [0.1, 0.15) is 25.6 Å². The van der Waals surface area contributed by atoms with Gasteiger partial charge in [-0.3, -0.25) is 4.79 Å². The topological polar surface area (TPSA) is 89.5 Å². The van der Waals surface area contributed by atoms with Gasteiger partial charge in [0.05, 0.1) is 16.6 Å². The molecule has 1 N–H and O–H groups in total. The molecule has 0 aliphatic rings. The van der Waals surface area contributed by atoms with E-state index < -0.39 is 17.6 Å². The summed E-state index contributed by atoms with van der Waals surface area (Å²) in [6.45, 7) is 3.47. The fraction of sp³-hybridized carbons (Fsp3) is 0.200. The number of fused-ring (bicyclic) bond motifs is 3. The van der Waals surface area contributed by atoms with Gasteiger partial charge in [0.1, 0.15) is 6.04 Å². The zero-order valence-corrected chi connectivity index (χ0v) is 16.0. The second kappa shape index (κ2) is 6.76. The molecule has 0 radical (unpaired) electrons. The first-order chi connectivity index (χ1) is 13.4. The van der Waals surface area contributed by atoms with Crippen molar-refractivity contribution >= 4 is 34.1 Å². The average molecular weight is 397 g/mol. The lowest BCUT2D eigenvalue weighted by atomic mass is 10.0. The number of aromatic nitrogens is 4. The molecule has 1 unspecified atom stereocenters. The molecule has 1 aromatic carbocycles. The Morgan fingerprint density at radius 1 is 1.25 bits per heavy atom. The fourth-order valence-corrected chi connectivity index (χ4v) is 3.44. The number of nitrogens with zero attached hydrogens (tertiary/aromatic N) is 4. The Labute approximate surface area is 164 Å². The van der Waals surface area contributed by atoms with E-state index in [1.54, 1.807) is 10.6 Å². The number of carboxylic acids is 1. The molecule has 1 atom stereocenters. The summed E-state index contributed by atoms with van der Waals surface area (Å²) in [7, 11) is 0. The van der Waals surface area contributed by atoms with E-state index in [0.29, 0.717) is 28.0 Å². The largest absolute Gasteiger partial charge is 0.480 e. The summed E-state index contributed by atoms with van der Waals surface area (Å²) >= 11 is 6.01. The van der Waals surface area contributed by atoms with Crippen LogP contribution in [0.4, 0.5) is 0 Å². The summed E-state index contributed by atoms with van der Waals surface area (Å²) < 4.78 is 2.83. The minimum atomic E-state index is -1.08. The van der Waals surface area contributed by atoms with Gasteiger partial charge in [0.2, 0.25) is 0 Å². The summed E-state index contributed by atoms with van der Waals surface area (Å²) in [5, 5.41) is 14.8. The fourth-order valence-electron chi connectivity index (χ4n) is 3.31. The maximum absolute atomic E-state index is 12.8. The van der Waals surface area contributed by atoms with Gasteiger partial charge in [0.25, 0.3) is 5.56 Å². The number of rotatable bonds is 4. The Morgan fingerprint density at radius 3 is 2.61 bits per heavy atom. The lowest BCUT2D eigenvalue weighted by Crippen LogP contribution is -2.28. The monoisotopic (exact) mass is 396 g/mol. The molecule has 0 fully saturated rings. The second-order valence-electron chi connectivity index (χ2n) is 6.52. The number of aryl methyl sites for hydroxylation is 1. The number of hydrogen-bond donors (Lipinski definition) is 1. The number of carbonyl (C=O) groups is 1. The molecule has 3 heterocycles. The molecule has 0 aliphatic carbocycles. The van der Waals surface area contributed by atoms with Crippen LogP contribution in [0.3, 0.4) is 0 Å². The molecule has 7 nitrogen and oxygen atoms in total. The first-order valence-corrected chi connectivity index (χ1v) is 9.20. The first kappa shape index (κ1) is 18.2. The van der Waals surface area contributed by atoms with Gasteiger partial charge < -0.3 is 9.67 Å². The summed E-state index contributed by atoms with van der Waals surface area (Å²) in [6, 6.07) is 8.18. The predicted molar refractivity (Wildman–Crippen MR) is 107 cm³/mol. The SMILES string of the molecule is CCc1nn2c(ncc3c(=O)n(C(C)C(=O)O)ccc32)c1-c1ccc(Cl)cc1. The Kier molecular flexibility index (Phi) is 4.39. The van der Waals surface area contributed by atoms with E-state index >= 15 is 0 Å². The van der Waals surface area contributed by atoms with E-state index in [2.05, 4.69) is 10.1 Å². The first-order valence-electron chi connectivity index (χ1n) is 8.82. The summed E-state index contributed by atoms with van der Waals surface area (Å²) in [5.41, 5.74) is 3.49. The average Bonchev–Trinajstić information content (AvgIpc) is 3.07. The third-order valence-electron chi connectivity index (χ3n) is 4.85. The number of benzene rings is 1. The van der Waals surface area contributed by atoms with Crippen molar-refractivity contribution in [2.24, 2.45) is 0 Å². The van der Waals surface area contributed by atoms with E-state index in [9.17, 15) is 14.7 Å². The number of halogens is 1. The van der Waals surface area contributed by atoms with Crippen molar-refractivity contribution in [3.63, 3.8) is 0 Å². The van der Waals surface area contributed by atoms with Gasteiger partial charge in [-0.15, -0.1) is 0 Å². The van der Waals surface area contributed by atoms with Crippen molar-refractivity contribution in [2.45, 2.75) is 26.3 Å². The normalized spacial score (nSPS) is 12.5. The molecular formula is C20H17ClN4O3. The molecule has 0 amide bonds. The van der Waals surface area contributed by atoms with Gasteiger partial charge >= 0.3 is 5.97 Å². The van der Waals surface area contributed by atoms with E-state index in [-0.39, 0.29) is 0 Å². The van der Waals surface area contributed by atoms with Crippen LogP contribution in [0.25, 0.3) is 27.7 Å². The molecule has 0 saturated heterocycles. The highest BCUT2D eigenvalue weighted by Crippen LogP contribution is 2.30. The summed E-state index contributed by atoms with van der Waals surface area (Å²) in [5.74, 6) is -1.08. The van der Waals surface area contributed by atoms with Crippen LogP contribution in [-0.2, 0) is 11.2 Å². The van der Waals surface area contributed by atoms with Crippen LogP contribution in [0.2, 0.25) is 5.02 Å². The Morgan fingerprint density at radius 2 is 1.96 bits per heavy atom. The van der Waals surface area contributed by atoms with Gasteiger partial charge in [0.15, 0.2) is 5.65 Å². The summed E-state index contributed by atoms with van der Waals surface area (Å²) in [4.78, 5) is 28.5. The molecule has 8 heteroatoms. The Hall–Kier alpha value is -3.19. The zero-order valence-electron chi connectivity index (χ0n) is 15.3. The van der Waals surface area contributed by atoms with Crippen molar-refractivity contribution in [1.82, 2.24) is 19.2 Å². The molecule has 0 aliphatic heterocycles. The van der Waals surface area contributed by atoms with Gasteiger partial charge in [-0.2, -0.15) is 5.10 Å². The predicted octanol–water partition coefficient (Wildman–Crippen LogP) is 3.57. The van der Waals surface area contributed by atoms with Crippen molar-refractivity contribution in [1.29, 1.82) is 0 Å². The number of carboxylic acid groups (broad SMARTS) is 1. The summed E-state index contributed by atoms with van der Waals surface area (Å²) in [6.07, 6.45) is 3.66. The van der Waals surface area contributed by atoms with Crippen molar-refractivity contribution in [3.05, 3.63) is 63.8 Å². The standard InChI is InChI=1S/C20H17ClN4O3/c1-3-15-17(12-4-6-13(21)7-5-12)18-22-10-14-16(25(18)23-15)8-9-24(19(14)26)11(2)20(27)28/h4-11H,3H2,1-2H3,(H,27,28). The van der Waals surface area contributed by atoms with Gasteiger partial charge in [-0.05, 0) is 37.1 Å². The third-order valence-corrected chi connectivity index (χ3v) is 5.11. The molecule has 0 saturated carbocycles. The molecule has 4 rings (SSSR count). The maximum atomic E-state index is 12.8. The number of pyridine rings is 1. The minimum Gasteiger partial charge on any atom is -0.480 e. The van der Waals surface area contributed by atoms with Gasteiger partial charge in [0, 0.05) is 23.0 Å². The van der Waals surface area contributed by atoms with Crippen molar-refractivity contribution in [2.75, 3.05) is 0 Å². The van der Waals surface area contributed by atoms with E-state index in [1.807, 2.05) is 31.2 Å². The molecular weight excluding hydrogens is 380 g/mol. The quantitative estimate of drug-likeness (QED) is 0.569. The molecule has 28 heavy (non-hydrogen) atoms. The van der Waals surface area contributed by atoms with Crippen LogP contribution >= 0.6 is 11.6 Å². The van der Waals surface area contributed by atoms with Crippen LogP contribution in [0, 0.1) is 0 Å². The minimum absolute atomic E-state index is 0.316. The van der Waals surface area contributed by atoms with Crippen molar-refractivity contribution in [3.8, 4) is 11.1 Å². The molecule has 4 aromatic rings. The Bertz CT molecular complexity index is 1270. The van der Waals surface area contributed by atoms with Crippen LogP contribution in [-0.4, -0.2) is 30.2 Å². The van der Waals surface area contributed by atoms with E-state index in [1.165, 1.54) is 23.9 Å². The smallest absolute Gasteiger partial charge is 0.326 e. The second-order valence-corrected chi connectivity index (χ2v) is 6.95. The van der Waals surface area contributed by atoms with Gasteiger partial charge in [-0.25, -0.2) is 14.3 Å². The Balaban J connectivity index is 2.01. The highest BCUT2D eigenvalue weighted by atomic mass is 35.5. The third kappa shape index (κ3) is 2.75. The van der Waals surface area contributed by atoms with Crippen LogP contribution in [0.5, 0.6) is 0 Å².